The molecule has 1 aliphatic rings. The van der Waals surface area contributed by atoms with Gasteiger partial charge in [0.25, 0.3) is 5.89 Å². The lowest BCUT2D eigenvalue weighted by Crippen LogP contribution is -2.44. The lowest BCUT2D eigenvalue weighted by Gasteiger charge is -2.34. The molecule has 0 bridgehead atoms. The second-order valence-corrected chi connectivity index (χ2v) is 6.33. The highest BCUT2D eigenvalue weighted by Crippen LogP contribution is 2.37. The van der Waals surface area contributed by atoms with Crippen molar-refractivity contribution in [3.63, 3.8) is 0 Å². The number of rotatable bonds is 8. The molecule has 130 valence electrons. The summed E-state index contributed by atoms with van der Waals surface area (Å²) in [5, 5.41) is 4.05. The third kappa shape index (κ3) is 3.60. The Balaban J connectivity index is 1.58. The molecule has 24 heavy (non-hydrogen) atoms. The fourth-order valence-corrected chi connectivity index (χ4v) is 2.85. The van der Waals surface area contributed by atoms with Gasteiger partial charge in [-0.15, -0.1) is 0 Å². The molecule has 0 atom stereocenters. The van der Waals surface area contributed by atoms with Gasteiger partial charge in [0.15, 0.2) is 5.82 Å². The maximum Gasteiger partial charge on any atom is 0.257 e. The van der Waals surface area contributed by atoms with E-state index in [1.54, 1.807) is 0 Å². The number of nitrogens with two attached hydrogens (primary N) is 1. The zero-order chi connectivity index (χ0) is 17.0. The lowest BCUT2D eigenvalue weighted by atomic mass is 9.77. The van der Waals surface area contributed by atoms with Crippen molar-refractivity contribution in [3.8, 4) is 17.2 Å². The van der Waals surface area contributed by atoms with Crippen LogP contribution in [0.1, 0.15) is 38.9 Å². The van der Waals surface area contributed by atoms with Crippen molar-refractivity contribution in [3.05, 3.63) is 30.1 Å². The highest BCUT2D eigenvalue weighted by Gasteiger charge is 2.39. The van der Waals surface area contributed by atoms with E-state index in [0.29, 0.717) is 18.3 Å². The fraction of sp³-hybridized carbons (Fsp3) is 0.556. The first-order valence-corrected chi connectivity index (χ1v) is 8.73. The molecule has 1 aromatic carbocycles. The first-order chi connectivity index (χ1) is 11.6. The number of aromatic nitrogens is 2. The summed E-state index contributed by atoms with van der Waals surface area (Å²) in [7, 11) is 0. The SMILES string of the molecule is CCN(CC)CCOc1ccc(-c2nc(C3(N)CCC3)no2)cc1. The van der Waals surface area contributed by atoms with E-state index in [1.165, 1.54) is 0 Å². The molecule has 1 aromatic heterocycles. The zero-order valence-corrected chi connectivity index (χ0v) is 14.5. The van der Waals surface area contributed by atoms with Gasteiger partial charge in [-0.05, 0) is 56.6 Å². The number of nitrogens with zero attached hydrogens (tertiary/aromatic N) is 3. The quantitative estimate of drug-likeness (QED) is 0.802. The van der Waals surface area contributed by atoms with Gasteiger partial charge in [0, 0.05) is 12.1 Å². The monoisotopic (exact) mass is 330 g/mol. The van der Waals surface area contributed by atoms with E-state index in [-0.39, 0.29) is 0 Å². The molecule has 3 rings (SSSR count). The molecule has 1 heterocycles. The van der Waals surface area contributed by atoms with Gasteiger partial charge in [0.05, 0.1) is 5.54 Å². The van der Waals surface area contributed by atoms with Crippen molar-refractivity contribution in [1.82, 2.24) is 15.0 Å². The second kappa shape index (κ2) is 7.32. The molecule has 6 heteroatoms. The highest BCUT2D eigenvalue weighted by atomic mass is 16.5. The molecule has 0 unspecified atom stereocenters. The average Bonchev–Trinajstić information content (AvgIpc) is 3.07. The van der Waals surface area contributed by atoms with Crippen LogP contribution in [-0.2, 0) is 5.54 Å². The van der Waals surface area contributed by atoms with E-state index >= 15 is 0 Å². The molecule has 1 aliphatic carbocycles. The predicted octanol–water partition coefficient (Wildman–Crippen LogP) is 2.80. The minimum Gasteiger partial charge on any atom is -0.492 e. The van der Waals surface area contributed by atoms with Crippen LogP contribution in [0.2, 0.25) is 0 Å². The largest absolute Gasteiger partial charge is 0.492 e. The van der Waals surface area contributed by atoms with E-state index in [2.05, 4.69) is 28.9 Å². The molecule has 1 saturated carbocycles. The van der Waals surface area contributed by atoms with Gasteiger partial charge in [-0.25, -0.2) is 0 Å². The van der Waals surface area contributed by atoms with Gasteiger partial charge in [0.1, 0.15) is 12.4 Å². The van der Waals surface area contributed by atoms with Gasteiger partial charge in [-0.2, -0.15) is 4.98 Å². The maximum absolute atomic E-state index is 6.23. The lowest BCUT2D eigenvalue weighted by molar-refractivity contribution is 0.223. The van der Waals surface area contributed by atoms with Crippen LogP contribution >= 0.6 is 0 Å². The third-order valence-corrected chi connectivity index (χ3v) is 4.79. The Morgan fingerprint density at radius 3 is 2.50 bits per heavy atom. The molecule has 0 amide bonds. The van der Waals surface area contributed by atoms with Crippen molar-refractivity contribution in [2.75, 3.05) is 26.2 Å². The van der Waals surface area contributed by atoms with Crippen molar-refractivity contribution < 1.29 is 9.26 Å². The zero-order valence-electron chi connectivity index (χ0n) is 14.5. The Bertz CT molecular complexity index is 645. The minimum absolute atomic E-state index is 0.394. The van der Waals surface area contributed by atoms with Crippen LogP contribution in [-0.4, -0.2) is 41.3 Å². The van der Waals surface area contributed by atoms with Crippen LogP contribution < -0.4 is 10.5 Å². The van der Waals surface area contributed by atoms with E-state index < -0.39 is 5.54 Å². The average molecular weight is 330 g/mol. The van der Waals surface area contributed by atoms with Crippen LogP contribution in [0, 0.1) is 0 Å². The third-order valence-electron chi connectivity index (χ3n) is 4.79. The molecule has 2 aromatic rings. The van der Waals surface area contributed by atoms with Crippen molar-refractivity contribution in [2.24, 2.45) is 5.73 Å². The highest BCUT2D eigenvalue weighted by molar-refractivity contribution is 5.54. The van der Waals surface area contributed by atoms with Crippen molar-refractivity contribution in [2.45, 2.75) is 38.6 Å². The number of hydrogen-bond acceptors (Lipinski definition) is 6. The molecular weight excluding hydrogens is 304 g/mol. The van der Waals surface area contributed by atoms with E-state index in [0.717, 1.165) is 50.2 Å². The Kier molecular flexibility index (Phi) is 5.16. The summed E-state index contributed by atoms with van der Waals surface area (Å²) in [6.07, 6.45) is 2.97. The summed E-state index contributed by atoms with van der Waals surface area (Å²) in [6.45, 7) is 8.02. The minimum atomic E-state index is -0.394. The van der Waals surface area contributed by atoms with Crippen LogP contribution in [0.5, 0.6) is 5.75 Å². The Morgan fingerprint density at radius 2 is 1.92 bits per heavy atom. The van der Waals surface area contributed by atoms with Crippen molar-refractivity contribution >= 4 is 0 Å². The number of hydrogen-bond donors (Lipinski definition) is 1. The summed E-state index contributed by atoms with van der Waals surface area (Å²) < 4.78 is 11.2. The first-order valence-electron chi connectivity index (χ1n) is 8.73. The fourth-order valence-electron chi connectivity index (χ4n) is 2.85. The van der Waals surface area contributed by atoms with Crippen molar-refractivity contribution in [1.29, 1.82) is 0 Å². The van der Waals surface area contributed by atoms with Crippen LogP contribution in [0.4, 0.5) is 0 Å². The van der Waals surface area contributed by atoms with Gasteiger partial charge < -0.3 is 19.9 Å². The molecule has 0 spiro atoms. The Morgan fingerprint density at radius 1 is 1.21 bits per heavy atom. The van der Waals surface area contributed by atoms with Gasteiger partial charge in [-0.3, -0.25) is 0 Å². The van der Waals surface area contributed by atoms with E-state index in [9.17, 15) is 0 Å². The summed E-state index contributed by atoms with van der Waals surface area (Å²) in [5.74, 6) is 1.97. The number of benzene rings is 1. The second-order valence-electron chi connectivity index (χ2n) is 6.33. The molecule has 6 nitrogen and oxygen atoms in total. The van der Waals surface area contributed by atoms with Crippen LogP contribution in [0.25, 0.3) is 11.5 Å². The summed E-state index contributed by atoms with van der Waals surface area (Å²) in [6, 6.07) is 7.74. The molecule has 2 N–H and O–H groups in total. The van der Waals surface area contributed by atoms with Gasteiger partial charge in [0.2, 0.25) is 0 Å². The topological polar surface area (TPSA) is 77.4 Å². The smallest absolute Gasteiger partial charge is 0.257 e. The molecule has 0 saturated heterocycles. The van der Waals surface area contributed by atoms with Gasteiger partial charge >= 0.3 is 0 Å². The predicted molar refractivity (Wildman–Crippen MR) is 92.7 cm³/mol. The molecule has 0 radical (unpaired) electrons. The molecule has 0 aliphatic heterocycles. The van der Waals surface area contributed by atoms with E-state index in [1.807, 2.05) is 24.3 Å². The standard InChI is InChI=1S/C18H26N4O2/c1-3-22(4-2)12-13-23-15-8-6-14(7-9-15)16-20-17(21-24-16)18(19)10-5-11-18/h6-9H,3-5,10-13,19H2,1-2H3. The number of ether oxygens (including phenoxy) is 1. The first kappa shape index (κ1) is 16.9. The maximum atomic E-state index is 6.23. The summed E-state index contributed by atoms with van der Waals surface area (Å²) in [4.78, 5) is 6.79. The van der Waals surface area contributed by atoms with Crippen LogP contribution in [0.3, 0.4) is 0 Å². The van der Waals surface area contributed by atoms with Crippen LogP contribution in [0.15, 0.2) is 28.8 Å². The summed E-state index contributed by atoms with van der Waals surface area (Å²) >= 11 is 0. The normalized spacial score (nSPS) is 16.2. The number of likely N-dealkylation sites (N-methyl/N-ethyl adjacent to an activating group) is 1. The molecule has 1 fully saturated rings. The van der Waals surface area contributed by atoms with Gasteiger partial charge in [-0.1, -0.05) is 19.0 Å². The summed E-state index contributed by atoms with van der Waals surface area (Å²) in [5.41, 5.74) is 6.72. The Labute approximate surface area is 143 Å². The molecular formula is C18H26N4O2. The van der Waals surface area contributed by atoms with E-state index in [4.69, 9.17) is 15.0 Å². The Hall–Kier alpha value is -1.92.